The van der Waals surface area contributed by atoms with Gasteiger partial charge in [-0.15, -0.1) is 0 Å². The normalized spacial score (nSPS) is 24.0. The third-order valence-corrected chi connectivity index (χ3v) is 30.6. The number of halogens is 30. The molecule has 0 aromatic heterocycles. The largest absolute Gasteiger partial charge is 0.403 e. The highest BCUT2D eigenvalue weighted by Crippen LogP contribution is 2.63. The van der Waals surface area contributed by atoms with E-state index in [4.69, 9.17) is 0 Å². The van der Waals surface area contributed by atoms with E-state index in [0.29, 0.717) is 60.7 Å². The van der Waals surface area contributed by atoms with Crippen molar-refractivity contribution in [2.45, 2.75) is 440 Å². The van der Waals surface area contributed by atoms with Crippen LogP contribution in [0.4, 0.5) is 132 Å². The van der Waals surface area contributed by atoms with Gasteiger partial charge in [0.25, 0.3) is 0 Å². The van der Waals surface area contributed by atoms with E-state index in [9.17, 15) is 132 Å². The van der Waals surface area contributed by atoms with Gasteiger partial charge in [-0.05, 0) is 174 Å². The van der Waals surface area contributed by atoms with Gasteiger partial charge in [-0.1, -0.05) is 308 Å². The maximum absolute atomic E-state index is 12.9. The van der Waals surface area contributed by atoms with Gasteiger partial charge in [0.2, 0.25) is 0 Å². The second-order valence-electron chi connectivity index (χ2n) is 44.4. The van der Waals surface area contributed by atoms with Crippen LogP contribution in [0.1, 0.15) is 378 Å². The molecular formula is C92H164F30. The van der Waals surface area contributed by atoms with Gasteiger partial charge in [0.15, 0.2) is 10.8 Å². The van der Waals surface area contributed by atoms with E-state index in [-0.39, 0.29) is 66.1 Å². The Morgan fingerprint density at radius 1 is 0.295 bits per heavy atom. The topological polar surface area (TPSA) is 0 Å². The van der Waals surface area contributed by atoms with Gasteiger partial charge in [0, 0.05) is 0 Å². The molecule has 0 aromatic carbocycles. The molecule has 9 atom stereocenters. The van der Waals surface area contributed by atoms with Crippen LogP contribution in [0.25, 0.3) is 0 Å². The molecule has 0 aromatic rings. The lowest BCUT2D eigenvalue weighted by molar-refractivity contribution is -0.364. The Morgan fingerprint density at radius 2 is 0.672 bits per heavy atom. The Balaban J connectivity index is -0.000000417. The molecular weight excluding hydrogens is 1670 g/mol. The molecule has 0 heterocycles. The highest BCUT2D eigenvalue weighted by atomic mass is 19.5. The zero-order chi connectivity index (χ0) is 99.6. The molecule has 0 spiro atoms. The number of alkyl halides is 30. The number of rotatable bonds is 6. The molecule has 30 heteroatoms. The van der Waals surface area contributed by atoms with Gasteiger partial charge in [-0.3, -0.25) is 0 Å². The number of hydrogen-bond donors (Lipinski definition) is 0. The van der Waals surface area contributed by atoms with Gasteiger partial charge in [-0.25, -0.2) is 0 Å². The fourth-order valence-corrected chi connectivity index (χ4v) is 15.1. The fourth-order valence-electron chi connectivity index (χ4n) is 15.1. The van der Waals surface area contributed by atoms with Crippen LogP contribution in [0.5, 0.6) is 0 Å². The molecule has 742 valence electrons. The Hall–Kier alpha value is -2.10. The van der Waals surface area contributed by atoms with E-state index < -0.39 is 149 Å². The van der Waals surface area contributed by atoms with Gasteiger partial charge < -0.3 is 0 Å². The van der Waals surface area contributed by atoms with E-state index in [2.05, 4.69) is 90.0 Å². The highest BCUT2D eigenvalue weighted by molar-refractivity contribution is 5.01. The average Bonchev–Trinajstić information content (AvgIpc) is 0.745. The van der Waals surface area contributed by atoms with Crippen LogP contribution in [-0.2, 0) is 0 Å². The van der Waals surface area contributed by atoms with Gasteiger partial charge >= 0.3 is 61.8 Å². The molecule has 122 heavy (non-hydrogen) atoms. The molecule has 5 rings (SSSR count). The molecule has 5 aliphatic rings. The number of hydrogen-bond acceptors (Lipinski definition) is 0. The summed E-state index contributed by atoms with van der Waals surface area (Å²) in [6.45, 7) is 69.7. The van der Waals surface area contributed by atoms with Crippen molar-refractivity contribution in [3.8, 4) is 0 Å². The summed E-state index contributed by atoms with van der Waals surface area (Å²) in [6, 6.07) is 0. The molecule has 4 unspecified atom stereocenters. The lowest BCUT2D eigenvalue weighted by atomic mass is 9.55. The van der Waals surface area contributed by atoms with Crippen molar-refractivity contribution < 1.29 is 132 Å². The summed E-state index contributed by atoms with van der Waals surface area (Å²) in [5, 5.41) is 0. The summed E-state index contributed by atoms with van der Waals surface area (Å²) in [5.41, 5.74) is -11.1. The lowest BCUT2D eigenvalue weighted by Gasteiger charge is -2.51. The minimum atomic E-state index is -5.20. The average molecular weight is 1840 g/mol. The SMILES string of the molecule is CC(C)(C)C(C)(C)C(C)(C)C(F)(F)F.CC(C)C(C)(C)C(C)(C)C.CC(C)C(C)(C)C(C)C(F)(F)F.CC(C)[C@@H](C)C(C)(C)C.CC1CCC(C(F)(F)F)(C(F)(F)F)CC1.CC1CCC(C(F)(F)F)CC1.CC1CCCC(C(F)(F)F)[C@@H]1C.C[C@@H]1CCCC(C(F)(F)F)C1.C[C@@H]1CCCCC1(C(F)(F)F)C(F)(F)F.C[C@H](C(C)(C)C)C(C)(C)C(F)(F)F. The highest BCUT2D eigenvalue weighted by Gasteiger charge is 2.73. The second-order valence-corrected chi connectivity index (χ2v) is 44.4. The van der Waals surface area contributed by atoms with Crippen molar-refractivity contribution >= 4 is 0 Å². The first-order valence-corrected chi connectivity index (χ1v) is 43.6. The smallest absolute Gasteiger partial charge is 0.171 e. The molecule has 0 bridgehead atoms. The van der Waals surface area contributed by atoms with E-state index in [1.54, 1.807) is 48.5 Å². The summed E-state index contributed by atoms with van der Waals surface area (Å²) in [4.78, 5) is 0. The fraction of sp³-hybridized carbons (Fsp3) is 1.00. The van der Waals surface area contributed by atoms with Crippen LogP contribution in [0.2, 0.25) is 0 Å². The molecule has 0 nitrogen and oxygen atoms in total. The third-order valence-electron chi connectivity index (χ3n) is 30.6. The molecule has 0 aliphatic heterocycles. The molecule has 0 saturated heterocycles. The van der Waals surface area contributed by atoms with E-state index in [1.165, 1.54) is 34.6 Å². The van der Waals surface area contributed by atoms with Crippen molar-refractivity contribution in [2.24, 2.45) is 148 Å². The predicted octanol–water partition coefficient (Wildman–Crippen LogP) is 38.8. The standard InChI is InChI=1S/C11H21F3.C10H19F3.C10H22.2C9H12F6.C9H15F3.C9H17F3.C9H20.2C8H13F3/c1-8(2,3)9(4,5)10(6,7)11(12,13)14;1-7(8(2,3)4)9(5,6)10(11,12)13;1-8(2)10(6,7)9(3,4)5;1-6-2-4-7(5-3-6,8(10,11)12)9(13,14)15;1-6-4-2-3-5-7(6,8(10,11)12)9(13,14)15;1-6-4-3-5-8(7(6)2)9(10,11)12;1-6(2)8(4,5)7(3)9(10,11)12;1-7(2)8(3)9(4,5)6;1-6-2-4-7(5-3-6)8(9,10)11;1-6-3-2-4-7(5-6)8(9,10)11/h1-7H3;7H,1-6H3;8H,1-7H3;2*6H,2-5H2,1H3;6-8H,3-5H2,1-2H3;6-7H,1-5H3;7-8H,1-6H3;2*6-7H,2-5H2,1H3/t;7-;;;6-;6?,7-,8?;;8-;;6-,7?/m.1..11.1.1/s1. The monoisotopic (exact) mass is 1840 g/mol. The Morgan fingerprint density at radius 3 is 0.869 bits per heavy atom. The van der Waals surface area contributed by atoms with Crippen molar-refractivity contribution in [1.29, 1.82) is 0 Å². The zero-order valence-electron chi connectivity index (χ0n) is 80.9. The van der Waals surface area contributed by atoms with Crippen LogP contribution in [0.3, 0.4) is 0 Å². The molecule has 5 saturated carbocycles. The minimum absolute atomic E-state index is 0.0106. The molecule has 5 aliphatic carbocycles. The summed E-state index contributed by atoms with van der Waals surface area (Å²) in [5.74, 6) is -2.97. The van der Waals surface area contributed by atoms with Crippen LogP contribution in [-0.4, -0.2) is 61.8 Å². The summed E-state index contributed by atoms with van der Waals surface area (Å²) in [7, 11) is 0. The van der Waals surface area contributed by atoms with E-state index in [0.717, 1.165) is 63.2 Å². The van der Waals surface area contributed by atoms with Crippen molar-refractivity contribution in [3.05, 3.63) is 0 Å². The van der Waals surface area contributed by atoms with Crippen LogP contribution in [0.15, 0.2) is 0 Å². The predicted molar refractivity (Wildman–Crippen MR) is 437 cm³/mol. The van der Waals surface area contributed by atoms with Crippen molar-refractivity contribution in [3.63, 3.8) is 0 Å². The van der Waals surface area contributed by atoms with Crippen molar-refractivity contribution in [1.82, 2.24) is 0 Å². The first-order valence-electron chi connectivity index (χ1n) is 43.6. The summed E-state index contributed by atoms with van der Waals surface area (Å²) in [6.07, 6.45) is -40.6. The maximum Gasteiger partial charge on any atom is 0.403 e. The Bertz CT molecular complexity index is 2730. The van der Waals surface area contributed by atoms with Gasteiger partial charge in [0.1, 0.15) is 0 Å². The Labute approximate surface area is 717 Å². The second kappa shape index (κ2) is 46.8. The summed E-state index contributed by atoms with van der Waals surface area (Å²) >= 11 is 0. The quantitative estimate of drug-likeness (QED) is 0.233. The molecule has 5 fully saturated rings. The molecule has 0 N–H and O–H groups in total. The molecule has 0 radical (unpaired) electrons. The van der Waals surface area contributed by atoms with Crippen LogP contribution in [0, 0.1) is 148 Å². The van der Waals surface area contributed by atoms with Crippen molar-refractivity contribution in [2.75, 3.05) is 0 Å². The van der Waals surface area contributed by atoms with Gasteiger partial charge in [-0.2, -0.15) is 132 Å². The Kier molecular flexibility index (Phi) is 49.3. The first-order chi connectivity index (χ1) is 53.0. The first kappa shape index (κ1) is 128. The van der Waals surface area contributed by atoms with Crippen LogP contribution < -0.4 is 0 Å². The zero-order valence-corrected chi connectivity index (χ0v) is 80.9. The summed E-state index contributed by atoms with van der Waals surface area (Å²) < 4.78 is 374. The molecule has 0 amide bonds. The minimum Gasteiger partial charge on any atom is -0.171 e. The third kappa shape index (κ3) is 39.1. The van der Waals surface area contributed by atoms with E-state index in [1.807, 2.05) is 76.2 Å². The van der Waals surface area contributed by atoms with Gasteiger partial charge in [0.05, 0.1) is 34.5 Å². The van der Waals surface area contributed by atoms with Crippen LogP contribution >= 0.6 is 0 Å². The lowest BCUT2D eigenvalue weighted by Crippen LogP contribution is -2.55. The maximum atomic E-state index is 12.9. The van der Waals surface area contributed by atoms with E-state index >= 15 is 0 Å².